The van der Waals surface area contributed by atoms with Crippen LogP contribution in [0.3, 0.4) is 0 Å². The lowest BCUT2D eigenvalue weighted by atomic mass is 10.1. The third-order valence-corrected chi connectivity index (χ3v) is 2.46. The topological polar surface area (TPSA) is 32.7 Å². The van der Waals surface area contributed by atoms with E-state index in [0.29, 0.717) is 13.2 Å². The van der Waals surface area contributed by atoms with Gasteiger partial charge >= 0.3 is 0 Å². The first kappa shape index (κ1) is 11.7. The first-order valence-corrected chi connectivity index (χ1v) is 5.42. The van der Waals surface area contributed by atoms with Gasteiger partial charge < -0.3 is 14.7 Å². The standard InChI is InChI=1S/C11H21NO2/c1-2-8-14-10-11(13)9-12-6-4-3-5-7-12/h2,11,13H,1,3-10H2/t11-/m0/s1. The third kappa shape index (κ3) is 4.74. The molecule has 3 nitrogen and oxygen atoms in total. The highest BCUT2D eigenvalue weighted by molar-refractivity contribution is 4.69. The molecule has 0 aromatic heterocycles. The van der Waals surface area contributed by atoms with Crippen LogP contribution in [0.4, 0.5) is 0 Å². The lowest BCUT2D eigenvalue weighted by molar-refractivity contribution is 0.0227. The van der Waals surface area contributed by atoms with E-state index in [1.165, 1.54) is 19.3 Å². The van der Waals surface area contributed by atoms with Crippen molar-refractivity contribution < 1.29 is 9.84 Å². The Labute approximate surface area is 86.4 Å². The van der Waals surface area contributed by atoms with Gasteiger partial charge in [-0.2, -0.15) is 0 Å². The molecule has 0 aliphatic carbocycles. The second kappa shape index (κ2) is 6.98. The summed E-state index contributed by atoms with van der Waals surface area (Å²) in [6.07, 6.45) is 5.21. The van der Waals surface area contributed by atoms with Crippen LogP contribution in [0, 0.1) is 0 Å². The molecule has 82 valence electrons. The summed E-state index contributed by atoms with van der Waals surface area (Å²) in [6.45, 7) is 7.49. The smallest absolute Gasteiger partial charge is 0.0900 e. The van der Waals surface area contributed by atoms with Crippen LogP contribution in [0.1, 0.15) is 19.3 Å². The summed E-state index contributed by atoms with van der Waals surface area (Å²) < 4.78 is 5.19. The second-order valence-corrected chi connectivity index (χ2v) is 3.84. The molecule has 1 N–H and O–H groups in total. The number of aliphatic hydroxyl groups is 1. The van der Waals surface area contributed by atoms with E-state index < -0.39 is 0 Å². The van der Waals surface area contributed by atoms with Crippen LogP contribution in [-0.2, 0) is 4.74 Å². The lowest BCUT2D eigenvalue weighted by Crippen LogP contribution is -2.38. The molecule has 0 saturated carbocycles. The first-order valence-electron chi connectivity index (χ1n) is 5.42. The van der Waals surface area contributed by atoms with Crippen molar-refractivity contribution in [1.29, 1.82) is 0 Å². The van der Waals surface area contributed by atoms with Crippen molar-refractivity contribution in [2.75, 3.05) is 32.8 Å². The van der Waals surface area contributed by atoms with Gasteiger partial charge in [0.2, 0.25) is 0 Å². The van der Waals surface area contributed by atoms with Crippen LogP contribution in [-0.4, -0.2) is 49.0 Å². The fraction of sp³-hybridized carbons (Fsp3) is 0.818. The summed E-state index contributed by atoms with van der Waals surface area (Å²) >= 11 is 0. The number of piperidine rings is 1. The van der Waals surface area contributed by atoms with Crippen LogP contribution in [0.25, 0.3) is 0 Å². The van der Waals surface area contributed by atoms with E-state index in [1.54, 1.807) is 6.08 Å². The highest BCUT2D eigenvalue weighted by atomic mass is 16.5. The van der Waals surface area contributed by atoms with Crippen LogP contribution in [0.2, 0.25) is 0 Å². The number of hydrogen-bond donors (Lipinski definition) is 1. The number of aliphatic hydroxyl groups excluding tert-OH is 1. The van der Waals surface area contributed by atoms with E-state index in [4.69, 9.17) is 4.74 Å². The first-order chi connectivity index (χ1) is 6.83. The zero-order valence-corrected chi connectivity index (χ0v) is 8.82. The van der Waals surface area contributed by atoms with Gasteiger partial charge in [-0.05, 0) is 25.9 Å². The lowest BCUT2D eigenvalue weighted by Gasteiger charge is -2.28. The summed E-state index contributed by atoms with van der Waals surface area (Å²) in [6, 6.07) is 0. The monoisotopic (exact) mass is 199 g/mol. The van der Waals surface area contributed by atoms with Gasteiger partial charge in [-0.25, -0.2) is 0 Å². The number of ether oxygens (including phenoxy) is 1. The highest BCUT2D eigenvalue weighted by Crippen LogP contribution is 2.08. The van der Waals surface area contributed by atoms with Gasteiger partial charge in [0, 0.05) is 6.54 Å². The van der Waals surface area contributed by atoms with Crippen molar-refractivity contribution in [1.82, 2.24) is 4.90 Å². The largest absolute Gasteiger partial charge is 0.389 e. The molecule has 0 spiro atoms. The number of hydrogen-bond acceptors (Lipinski definition) is 3. The van der Waals surface area contributed by atoms with Crippen molar-refractivity contribution in [2.24, 2.45) is 0 Å². The maximum absolute atomic E-state index is 9.63. The number of β-amino-alcohol motifs (C(OH)–C–C–N with tert-alkyl or cyclic N) is 1. The molecule has 1 rings (SSSR count). The van der Waals surface area contributed by atoms with Gasteiger partial charge in [-0.1, -0.05) is 12.5 Å². The highest BCUT2D eigenvalue weighted by Gasteiger charge is 2.14. The van der Waals surface area contributed by atoms with Crippen LogP contribution >= 0.6 is 0 Å². The van der Waals surface area contributed by atoms with Gasteiger partial charge in [0.05, 0.1) is 19.3 Å². The molecule has 0 bridgehead atoms. The molecular formula is C11H21NO2. The average Bonchev–Trinajstić information content (AvgIpc) is 2.20. The van der Waals surface area contributed by atoms with Crippen molar-refractivity contribution in [3.05, 3.63) is 12.7 Å². The third-order valence-electron chi connectivity index (χ3n) is 2.46. The molecule has 1 heterocycles. The zero-order chi connectivity index (χ0) is 10.2. The molecule has 14 heavy (non-hydrogen) atoms. The molecule has 1 aliphatic heterocycles. The Morgan fingerprint density at radius 1 is 1.36 bits per heavy atom. The summed E-state index contributed by atoms with van der Waals surface area (Å²) in [4.78, 5) is 2.31. The van der Waals surface area contributed by atoms with Gasteiger partial charge in [0.1, 0.15) is 0 Å². The average molecular weight is 199 g/mol. The molecule has 0 aromatic carbocycles. The van der Waals surface area contributed by atoms with E-state index in [1.807, 2.05) is 0 Å². The molecule has 1 saturated heterocycles. The predicted molar refractivity (Wildman–Crippen MR) is 57.3 cm³/mol. The number of nitrogens with zero attached hydrogens (tertiary/aromatic N) is 1. The normalized spacial score (nSPS) is 20.6. The van der Waals surface area contributed by atoms with Gasteiger partial charge in [0.15, 0.2) is 0 Å². The molecule has 0 aromatic rings. The predicted octanol–water partition coefficient (Wildman–Crippen LogP) is 1.04. The van der Waals surface area contributed by atoms with Crippen LogP contribution < -0.4 is 0 Å². The van der Waals surface area contributed by atoms with Gasteiger partial charge in [-0.15, -0.1) is 6.58 Å². The molecule has 3 heteroatoms. The summed E-state index contributed by atoms with van der Waals surface area (Å²) in [5.41, 5.74) is 0. The maximum atomic E-state index is 9.63. The Kier molecular flexibility index (Phi) is 5.83. The van der Waals surface area contributed by atoms with Crippen LogP contribution in [0.15, 0.2) is 12.7 Å². The van der Waals surface area contributed by atoms with E-state index in [-0.39, 0.29) is 6.10 Å². The fourth-order valence-electron chi connectivity index (χ4n) is 1.78. The molecule has 1 aliphatic rings. The van der Waals surface area contributed by atoms with Crippen LogP contribution in [0.5, 0.6) is 0 Å². The summed E-state index contributed by atoms with van der Waals surface area (Å²) in [5.74, 6) is 0. The minimum Gasteiger partial charge on any atom is -0.389 e. The number of rotatable bonds is 6. The Hall–Kier alpha value is -0.380. The summed E-state index contributed by atoms with van der Waals surface area (Å²) in [5, 5.41) is 9.63. The SMILES string of the molecule is C=CCOC[C@@H](O)CN1CCCCC1. The van der Waals surface area contributed by atoms with Gasteiger partial charge in [-0.3, -0.25) is 0 Å². The Bertz CT molecular complexity index is 155. The Balaban J connectivity index is 2.05. The maximum Gasteiger partial charge on any atom is 0.0900 e. The van der Waals surface area contributed by atoms with Crippen molar-refractivity contribution in [2.45, 2.75) is 25.4 Å². The minimum absolute atomic E-state index is 0.354. The Morgan fingerprint density at radius 2 is 2.07 bits per heavy atom. The van der Waals surface area contributed by atoms with E-state index in [0.717, 1.165) is 19.6 Å². The van der Waals surface area contributed by atoms with Crippen molar-refractivity contribution in [3.8, 4) is 0 Å². The van der Waals surface area contributed by atoms with Crippen molar-refractivity contribution in [3.63, 3.8) is 0 Å². The quantitative estimate of drug-likeness (QED) is 0.512. The molecule has 0 radical (unpaired) electrons. The summed E-state index contributed by atoms with van der Waals surface area (Å²) in [7, 11) is 0. The number of likely N-dealkylation sites (tertiary alicyclic amines) is 1. The van der Waals surface area contributed by atoms with Gasteiger partial charge in [0.25, 0.3) is 0 Å². The minimum atomic E-state index is -0.354. The molecule has 1 fully saturated rings. The molecule has 0 unspecified atom stereocenters. The zero-order valence-electron chi connectivity index (χ0n) is 8.82. The second-order valence-electron chi connectivity index (χ2n) is 3.84. The van der Waals surface area contributed by atoms with E-state index >= 15 is 0 Å². The van der Waals surface area contributed by atoms with E-state index in [9.17, 15) is 5.11 Å². The molecule has 1 atom stereocenters. The van der Waals surface area contributed by atoms with E-state index in [2.05, 4.69) is 11.5 Å². The fourth-order valence-corrected chi connectivity index (χ4v) is 1.78. The molecular weight excluding hydrogens is 178 g/mol. The van der Waals surface area contributed by atoms with Crippen molar-refractivity contribution >= 4 is 0 Å². The Morgan fingerprint density at radius 3 is 2.71 bits per heavy atom. The molecule has 0 amide bonds.